The minimum Gasteiger partial charge on any atom is -0.464 e. The second kappa shape index (κ2) is 3.06. The highest BCUT2D eigenvalue weighted by Gasteiger charge is 2.40. The molecule has 0 aliphatic rings. The van der Waals surface area contributed by atoms with E-state index >= 15 is 0 Å². The van der Waals surface area contributed by atoms with Gasteiger partial charge in [0.1, 0.15) is 11.5 Å². The highest BCUT2D eigenvalue weighted by atomic mass is 19.4. The molecule has 1 aromatic rings. The van der Waals surface area contributed by atoms with Gasteiger partial charge in [0.15, 0.2) is 6.04 Å². The molecule has 0 amide bonds. The molecule has 1 aromatic heterocycles. The Morgan fingerprint density at radius 1 is 1.38 bits per heavy atom. The van der Waals surface area contributed by atoms with Gasteiger partial charge in [-0.15, -0.1) is 0 Å². The van der Waals surface area contributed by atoms with Crippen LogP contribution in [0.5, 0.6) is 0 Å². The molecule has 0 spiro atoms. The van der Waals surface area contributed by atoms with E-state index in [1.165, 1.54) is 6.07 Å². The van der Waals surface area contributed by atoms with Crippen molar-refractivity contribution < 1.29 is 17.6 Å². The van der Waals surface area contributed by atoms with E-state index < -0.39 is 12.2 Å². The molecule has 0 saturated carbocycles. The molecule has 2 N–H and O–H groups in total. The van der Waals surface area contributed by atoms with Crippen molar-refractivity contribution in [1.29, 1.82) is 0 Å². The number of alkyl halides is 3. The van der Waals surface area contributed by atoms with Crippen molar-refractivity contribution in [2.24, 2.45) is 5.73 Å². The lowest BCUT2D eigenvalue weighted by Gasteiger charge is -2.12. The van der Waals surface area contributed by atoms with Gasteiger partial charge < -0.3 is 10.2 Å². The van der Waals surface area contributed by atoms with Gasteiger partial charge in [-0.3, -0.25) is 0 Å². The fraction of sp³-hybridized carbons (Fsp3) is 0.500. The molecule has 1 atom stereocenters. The summed E-state index contributed by atoms with van der Waals surface area (Å²) < 4.78 is 41.1. The van der Waals surface area contributed by atoms with Crippen LogP contribution in [0.1, 0.15) is 23.1 Å². The van der Waals surface area contributed by atoms with E-state index in [0.717, 1.165) is 0 Å². The van der Waals surface area contributed by atoms with Gasteiger partial charge in [0.25, 0.3) is 0 Å². The van der Waals surface area contributed by atoms with Crippen LogP contribution in [0.4, 0.5) is 13.2 Å². The van der Waals surface area contributed by atoms with Crippen LogP contribution < -0.4 is 5.73 Å². The van der Waals surface area contributed by atoms with E-state index in [2.05, 4.69) is 0 Å². The molecular formula is C8H10F3NO. The summed E-state index contributed by atoms with van der Waals surface area (Å²) in [7, 11) is 0. The van der Waals surface area contributed by atoms with E-state index in [-0.39, 0.29) is 5.76 Å². The maximum absolute atomic E-state index is 12.1. The minimum atomic E-state index is -4.45. The Balaban J connectivity index is 2.96. The second-order valence-electron chi connectivity index (χ2n) is 2.91. The van der Waals surface area contributed by atoms with Crippen LogP contribution in [0.25, 0.3) is 0 Å². The molecule has 0 saturated heterocycles. The van der Waals surface area contributed by atoms with Crippen molar-refractivity contribution >= 4 is 0 Å². The number of hydrogen-bond donors (Lipinski definition) is 1. The zero-order valence-corrected chi connectivity index (χ0v) is 7.27. The highest BCUT2D eigenvalue weighted by molar-refractivity contribution is 5.21. The molecule has 0 radical (unpaired) electrons. The predicted molar refractivity (Wildman–Crippen MR) is 41.2 cm³/mol. The normalized spacial score (nSPS) is 14.6. The first-order valence-electron chi connectivity index (χ1n) is 3.71. The van der Waals surface area contributed by atoms with Crippen LogP contribution in [-0.2, 0) is 0 Å². The van der Waals surface area contributed by atoms with Gasteiger partial charge in [-0.05, 0) is 25.5 Å². The molecule has 1 heterocycles. The maximum Gasteiger partial charge on any atom is 0.410 e. The molecule has 0 unspecified atom stereocenters. The van der Waals surface area contributed by atoms with Gasteiger partial charge in [-0.1, -0.05) is 0 Å². The Kier molecular flexibility index (Phi) is 2.38. The summed E-state index contributed by atoms with van der Waals surface area (Å²) in [4.78, 5) is 0. The van der Waals surface area contributed by atoms with Crippen LogP contribution in [0.2, 0.25) is 0 Å². The van der Waals surface area contributed by atoms with Crippen molar-refractivity contribution in [3.8, 4) is 0 Å². The molecule has 0 fully saturated rings. The monoisotopic (exact) mass is 193 g/mol. The molecule has 0 aromatic carbocycles. The largest absolute Gasteiger partial charge is 0.464 e. The lowest BCUT2D eigenvalue weighted by Crippen LogP contribution is -2.27. The number of nitrogens with two attached hydrogens (primary N) is 1. The van der Waals surface area contributed by atoms with Crippen LogP contribution >= 0.6 is 0 Å². The number of furan rings is 1. The van der Waals surface area contributed by atoms with Gasteiger partial charge in [0.2, 0.25) is 0 Å². The fourth-order valence-corrected chi connectivity index (χ4v) is 0.916. The van der Waals surface area contributed by atoms with E-state index in [9.17, 15) is 13.2 Å². The third kappa shape index (κ3) is 2.03. The quantitative estimate of drug-likeness (QED) is 0.744. The Bertz CT molecular complexity index is 283. The summed E-state index contributed by atoms with van der Waals surface area (Å²) >= 11 is 0. The summed E-state index contributed by atoms with van der Waals surface area (Å²) in [5.74, 6) is 0.234. The number of hydrogen-bond acceptors (Lipinski definition) is 2. The Labute approximate surface area is 73.5 Å². The third-order valence-electron chi connectivity index (χ3n) is 1.84. The van der Waals surface area contributed by atoms with Crippen LogP contribution in [0.15, 0.2) is 10.5 Å². The zero-order chi connectivity index (χ0) is 10.2. The van der Waals surface area contributed by atoms with Gasteiger partial charge in [-0.25, -0.2) is 0 Å². The van der Waals surface area contributed by atoms with Gasteiger partial charge in [-0.2, -0.15) is 13.2 Å². The molecule has 74 valence electrons. The van der Waals surface area contributed by atoms with E-state index in [0.29, 0.717) is 11.3 Å². The van der Waals surface area contributed by atoms with Gasteiger partial charge in [0, 0.05) is 0 Å². The standard InChI is InChI=1S/C8H10F3NO/c1-4-3-6(13-5(4)2)7(12)8(9,10)11/h3,7H,12H2,1-2H3/t7-/m0/s1. The van der Waals surface area contributed by atoms with E-state index in [1.54, 1.807) is 13.8 Å². The Morgan fingerprint density at radius 2 is 1.92 bits per heavy atom. The SMILES string of the molecule is Cc1cc([C@H](N)C(F)(F)F)oc1C. The first-order chi connectivity index (χ1) is 5.82. The van der Waals surface area contributed by atoms with Crippen LogP contribution in [0.3, 0.4) is 0 Å². The third-order valence-corrected chi connectivity index (χ3v) is 1.84. The molecule has 0 aliphatic heterocycles. The van der Waals surface area contributed by atoms with Crippen LogP contribution in [-0.4, -0.2) is 6.18 Å². The molecular weight excluding hydrogens is 183 g/mol. The fourth-order valence-electron chi connectivity index (χ4n) is 0.916. The van der Waals surface area contributed by atoms with Gasteiger partial charge >= 0.3 is 6.18 Å². The van der Waals surface area contributed by atoms with E-state index in [1.807, 2.05) is 0 Å². The second-order valence-corrected chi connectivity index (χ2v) is 2.91. The molecule has 0 aliphatic carbocycles. The first-order valence-corrected chi connectivity index (χ1v) is 3.71. The molecule has 1 rings (SSSR count). The smallest absolute Gasteiger partial charge is 0.410 e. The number of halogens is 3. The molecule has 5 heteroatoms. The number of rotatable bonds is 1. The van der Waals surface area contributed by atoms with Crippen molar-refractivity contribution in [3.63, 3.8) is 0 Å². The lowest BCUT2D eigenvalue weighted by atomic mass is 10.2. The highest BCUT2D eigenvalue weighted by Crippen LogP contribution is 2.32. The summed E-state index contributed by atoms with van der Waals surface area (Å²) in [6.07, 6.45) is -4.45. The summed E-state index contributed by atoms with van der Waals surface area (Å²) in [6, 6.07) is -0.715. The van der Waals surface area contributed by atoms with E-state index in [4.69, 9.17) is 10.2 Å². The van der Waals surface area contributed by atoms with Crippen molar-refractivity contribution in [2.75, 3.05) is 0 Å². The minimum absolute atomic E-state index is 0.234. The maximum atomic E-state index is 12.1. The summed E-state index contributed by atoms with van der Waals surface area (Å²) in [5, 5.41) is 0. The molecule has 0 bridgehead atoms. The molecule has 2 nitrogen and oxygen atoms in total. The lowest BCUT2D eigenvalue weighted by molar-refractivity contribution is -0.152. The van der Waals surface area contributed by atoms with Gasteiger partial charge in [0.05, 0.1) is 0 Å². The Morgan fingerprint density at radius 3 is 2.23 bits per heavy atom. The van der Waals surface area contributed by atoms with Crippen molar-refractivity contribution in [2.45, 2.75) is 26.1 Å². The first kappa shape index (κ1) is 10.1. The average molecular weight is 193 g/mol. The zero-order valence-electron chi connectivity index (χ0n) is 7.27. The van der Waals surface area contributed by atoms with Crippen LogP contribution in [0, 0.1) is 13.8 Å². The predicted octanol–water partition coefficient (Wildman–Crippen LogP) is 2.46. The topological polar surface area (TPSA) is 39.2 Å². The molecule has 13 heavy (non-hydrogen) atoms. The summed E-state index contributed by atoms with van der Waals surface area (Å²) in [5.41, 5.74) is 5.61. The Hall–Kier alpha value is -0.970. The van der Waals surface area contributed by atoms with Crippen molar-refractivity contribution in [3.05, 3.63) is 23.2 Å². The summed E-state index contributed by atoms with van der Waals surface area (Å²) in [6.45, 7) is 3.27. The number of aryl methyl sites for hydroxylation is 2. The average Bonchev–Trinajstić information content (AvgIpc) is 2.29. The van der Waals surface area contributed by atoms with Crippen molar-refractivity contribution in [1.82, 2.24) is 0 Å².